The molecule has 0 saturated heterocycles. The molecule has 0 spiro atoms. The maximum absolute atomic E-state index is 11.5. The van der Waals surface area contributed by atoms with Crippen molar-refractivity contribution in [2.75, 3.05) is 25.1 Å². The molecule has 1 amide bonds. The van der Waals surface area contributed by atoms with Crippen LogP contribution in [0.4, 0.5) is 5.69 Å². The van der Waals surface area contributed by atoms with Gasteiger partial charge in [-0.2, -0.15) is 0 Å². The first-order chi connectivity index (χ1) is 9.78. The van der Waals surface area contributed by atoms with Gasteiger partial charge in [-0.1, -0.05) is 0 Å². The summed E-state index contributed by atoms with van der Waals surface area (Å²) in [6, 6.07) is 7.44. The molecule has 1 aliphatic carbocycles. The monoisotopic (exact) mass is 278 g/mol. The van der Waals surface area contributed by atoms with Crippen LogP contribution < -0.4 is 15.8 Å². The maximum atomic E-state index is 11.5. The highest BCUT2D eigenvalue weighted by Gasteiger charge is 2.16. The molecule has 0 aliphatic heterocycles. The first-order valence-electron chi connectivity index (χ1n) is 7.12. The van der Waals surface area contributed by atoms with Crippen LogP contribution in [0.15, 0.2) is 24.3 Å². The third kappa shape index (κ3) is 4.83. The van der Waals surface area contributed by atoms with E-state index in [4.69, 9.17) is 15.2 Å². The lowest BCUT2D eigenvalue weighted by atomic mass is 10.2. The quantitative estimate of drug-likeness (QED) is 0.747. The molecule has 110 valence electrons. The number of nitrogens with one attached hydrogen (secondary N) is 1. The SMILES string of the molecule is NCCOCC(=O)Nc1ccc(OC2CCCC2)cc1. The van der Waals surface area contributed by atoms with Gasteiger partial charge in [-0.05, 0) is 49.9 Å². The number of anilines is 1. The minimum Gasteiger partial charge on any atom is -0.490 e. The highest BCUT2D eigenvalue weighted by molar-refractivity contribution is 5.91. The van der Waals surface area contributed by atoms with Gasteiger partial charge < -0.3 is 20.5 Å². The van der Waals surface area contributed by atoms with Gasteiger partial charge >= 0.3 is 0 Å². The Kier molecular flexibility index (Phi) is 5.83. The zero-order chi connectivity index (χ0) is 14.2. The fourth-order valence-corrected chi connectivity index (χ4v) is 2.26. The smallest absolute Gasteiger partial charge is 0.250 e. The van der Waals surface area contributed by atoms with E-state index in [1.807, 2.05) is 24.3 Å². The Balaban J connectivity index is 1.77. The van der Waals surface area contributed by atoms with Crippen LogP contribution in [-0.2, 0) is 9.53 Å². The molecule has 1 saturated carbocycles. The molecule has 1 aliphatic rings. The van der Waals surface area contributed by atoms with Gasteiger partial charge in [-0.25, -0.2) is 0 Å². The number of carbonyl (C=O) groups excluding carboxylic acids is 1. The number of rotatable bonds is 7. The molecule has 1 aromatic rings. The zero-order valence-electron chi connectivity index (χ0n) is 11.6. The lowest BCUT2D eigenvalue weighted by Gasteiger charge is -2.13. The Hall–Kier alpha value is -1.59. The third-order valence-corrected chi connectivity index (χ3v) is 3.24. The Morgan fingerprint density at radius 3 is 2.60 bits per heavy atom. The number of nitrogens with two attached hydrogens (primary N) is 1. The molecule has 0 unspecified atom stereocenters. The summed E-state index contributed by atoms with van der Waals surface area (Å²) in [7, 11) is 0. The van der Waals surface area contributed by atoms with Crippen LogP contribution in [0.1, 0.15) is 25.7 Å². The number of hydrogen-bond donors (Lipinski definition) is 2. The van der Waals surface area contributed by atoms with Crippen LogP contribution in [0, 0.1) is 0 Å². The summed E-state index contributed by atoms with van der Waals surface area (Å²) in [5.41, 5.74) is 6.02. The fraction of sp³-hybridized carbons (Fsp3) is 0.533. The molecule has 0 heterocycles. The van der Waals surface area contributed by atoms with Crippen molar-refractivity contribution in [3.63, 3.8) is 0 Å². The molecule has 5 nitrogen and oxygen atoms in total. The van der Waals surface area contributed by atoms with Crippen LogP contribution in [0.25, 0.3) is 0 Å². The summed E-state index contributed by atoms with van der Waals surface area (Å²) in [5.74, 6) is 0.678. The Bertz CT molecular complexity index is 414. The van der Waals surface area contributed by atoms with Crippen molar-refractivity contribution in [3.05, 3.63) is 24.3 Å². The lowest BCUT2D eigenvalue weighted by Crippen LogP contribution is -2.20. The van der Waals surface area contributed by atoms with Crippen LogP contribution in [0.5, 0.6) is 5.75 Å². The number of carbonyl (C=O) groups is 1. The fourth-order valence-electron chi connectivity index (χ4n) is 2.26. The third-order valence-electron chi connectivity index (χ3n) is 3.24. The van der Waals surface area contributed by atoms with Crippen molar-refractivity contribution in [1.29, 1.82) is 0 Å². The molecule has 3 N–H and O–H groups in total. The first kappa shape index (κ1) is 14.8. The van der Waals surface area contributed by atoms with Crippen molar-refractivity contribution >= 4 is 11.6 Å². The standard InChI is InChI=1S/C15H22N2O3/c16-9-10-19-11-15(18)17-12-5-7-14(8-6-12)20-13-3-1-2-4-13/h5-8,13H,1-4,9-11,16H2,(H,17,18). The van der Waals surface area contributed by atoms with Gasteiger partial charge in [0.2, 0.25) is 5.91 Å². The predicted octanol–water partition coefficient (Wildman–Crippen LogP) is 1.92. The van der Waals surface area contributed by atoms with E-state index in [1.165, 1.54) is 12.8 Å². The second kappa shape index (κ2) is 7.87. The average Bonchev–Trinajstić information content (AvgIpc) is 2.94. The summed E-state index contributed by atoms with van der Waals surface area (Å²) in [6.07, 6.45) is 5.12. The molecule has 0 atom stereocenters. The van der Waals surface area contributed by atoms with Crippen LogP contribution in [0.3, 0.4) is 0 Å². The number of ether oxygens (including phenoxy) is 2. The summed E-state index contributed by atoms with van der Waals surface area (Å²) in [6.45, 7) is 0.833. The van der Waals surface area contributed by atoms with Gasteiger partial charge in [0.05, 0.1) is 12.7 Å². The lowest BCUT2D eigenvalue weighted by molar-refractivity contribution is -0.120. The van der Waals surface area contributed by atoms with Crippen molar-refractivity contribution in [3.8, 4) is 5.75 Å². The largest absolute Gasteiger partial charge is 0.490 e. The molecule has 1 fully saturated rings. The molecule has 1 aromatic carbocycles. The van der Waals surface area contributed by atoms with E-state index >= 15 is 0 Å². The topological polar surface area (TPSA) is 73.6 Å². The molecule has 0 radical (unpaired) electrons. The zero-order valence-corrected chi connectivity index (χ0v) is 11.6. The van der Waals surface area contributed by atoms with Gasteiger partial charge in [-0.3, -0.25) is 4.79 Å². The summed E-state index contributed by atoms with van der Waals surface area (Å²) in [4.78, 5) is 11.5. The average molecular weight is 278 g/mol. The molecule has 5 heteroatoms. The van der Waals surface area contributed by atoms with E-state index in [0.29, 0.717) is 19.3 Å². The van der Waals surface area contributed by atoms with Crippen LogP contribution in [-0.4, -0.2) is 31.8 Å². The van der Waals surface area contributed by atoms with E-state index in [2.05, 4.69) is 5.32 Å². The van der Waals surface area contributed by atoms with Gasteiger partial charge in [0.1, 0.15) is 12.4 Å². The molecule has 2 rings (SSSR count). The Morgan fingerprint density at radius 2 is 1.95 bits per heavy atom. The van der Waals surface area contributed by atoms with E-state index < -0.39 is 0 Å². The van der Waals surface area contributed by atoms with Crippen LogP contribution in [0.2, 0.25) is 0 Å². The first-order valence-corrected chi connectivity index (χ1v) is 7.12. The van der Waals surface area contributed by atoms with Gasteiger partial charge in [0, 0.05) is 12.2 Å². The summed E-state index contributed by atoms with van der Waals surface area (Å²) >= 11 is 0. The predicted molar refractivity (Wildman–Crippen MR) is 77.8 cm³/mol. The van der Waals surface area contributed by atoms with Crippen molar-refractivity contribution in [2.24, 2.45) is 5.73 Å². The minimum absolute atomic E-state index is 0.0253. The van der Waals surface area contributed by atoms with Crippen molar-refractivity contribution < 1.29 is 14.3 Å². The summed E-state index contributed by atoms with van der Waals surface area (Å²) in [5, 5.41) is 2.76. The number of benzene rings is 1. The highest BCUT2D eigenvalue weighted by Crippen LogP contribution is 2.24. The Labute approximate surface area is 119 Å². The van der Waals surface area contributed by atoms with Crippen molar-refractivity contribution in [1.82, 2.24) is 0 Å². The molecular weight excluding hydrogens is 256 g/mol. The van der Waals surface area contributed by atoms with E-state index in [-0.39, 0.29) is 12.5 Å². The van der Waals surface area contributed by atoms with Gasteiger partial charge in [0.25, 0.3) is 0 Å². The second-order valence-corrected chi connectivity index (χ2v) is 4.94. The van der Waals surface area contributed by atoms with E-state index in [0.717, 1.165) is 24.3 Å². The number of hydrogen-bond acceptors (Lipinski definition) is 4. The van der Waals surface area contributed by atoms with Gasteiger partial charge in [-0.15, -0.1) is 0 Å². The normalized spacial score (nSPS) is 15.2. The van der Waals surface area contributed by atoms with Crippen molar-refractivity contribution in [2.45, 2.75) is 31.8 Å². The van der Waals surface area contributed by atoms with E-state index in [9.17, 15) is 4.79 Å². The maximum Gasteiger partial charge on any atom is 0.250 e. The molecule has 20 heavy (non-hydrogen) atoms. The Morgan fingerprint density at radius 1 is 1.25 bits per heavy atom. The number of amides is 1. The summed E-state index contributed by atoms with van der Waals surface area (Å²) < 4.78 is 10.9. The highest BCUT2D eigenvalue weighted by atomic mass is 16.5. The minimum atomic E-state index is -0.178. The van der Waals surface area contributed by atoms with Crippen LogP contribution >= 0.6 is 0 Å². The van der Waals surface area contributed by atoms with Gasteiger partial charge in [0.15, 0.2) is 0 Å². The molecular formula is C15H22N2O3. The van der Waals surface area contributed by atoms with E-state index in [1.54, 1.807) is 0 Å². The second-order valence-electron chi connectivity index (χ2n) is 4.94. The molecule has 0 aromatic heterocycles. The molecule has 0 bridgehead atoms.